The summed E-state index contributed by atoms with van der Waals surface area (Å²) in [5.74, 6) is 0. The zero-order valence-electron chi connectivity index (χ0n) is 15.2. The predicted molar refractivity (Wildman–Crippen MR) is 98.6 cm³/mol. The van der Waals surface area contributed by atoms with Crippen molar-refractivity contribution in [1.29, 1.82) is 0 Å². The number of hydrazine groups is 1. The van der Waals surface area contributed by atoms with Crippen LogP contribution in [0.25, 0.3) is 0 Å². The van der Waals surface area contributed by atoms with Crippen LogP contribution in [0.15, 0.2) is 60.7 Å². The first kappa shape index (κ1) is 18.3. The average molecular weight is 384 g/mol. The van der Waals surface area contributed by atoms with E-state index in [4.69, 9.17) is 9.47 Å². The number of ether oxygens (including phenoxy) is 2. The maximum absolute atomic E-state index is 14.3. The fourth-order valence-corrected chi connectivity index (χ4v) is 3.76. The van der Waals surface area contributed by atoms with Gasteiger partial charge in [-0.1, -0.05) is 60.7 Å². The summed E-state index contributed by atoms with van der Waals surface area (Å²) in [6, 6.07) is 17.4. The van der Waals surface area contributed by atoms with Gasteiger partial charge >= 0.3 is 12.2 Å². The fraction of sp³-hybridized carbons (Fsp3) is 0.333. The summed E-state index contributed by atoms with van der Waals surface area (Å²) in [6.45, 7) is 0.136. The highest BCUT2D eigenvalue weighted by molar-refractivity contribution is 5.76. The number of hydrogen-bond acceptors (Lipinski definition) is 4. The van der Waals surface area contributed by atoms with E-state index in [0.717, 1.165) is 16.1 Å². The number of rotatable bonds is 4. The Morgan fingerprint density at radius 3 is 1.86 bits per heavy atom. The van der Waals surface area contributed by atoms with Gasteiger partial charge in [0, 0.05) is 6.42 Å². The Morgan fingerprint density at radius 1 is 0.821 bits per heavy atom. The van der Waals surface area contributed by atoms with Gasteiger partial charge in [-0.3, -0.25) is 0 Å². The van der Waals surface area contributed by atoms with Gasteiger partial charge in [0.1, 0.15) is 19.4 Å². The lowest BCUT2D eigenvalue weighted by Crippen LogP contribution is -2.56. The van der Waals surface area contributed by atoms with Gasteiger partial charge < -0.3 is 9.47 Å². The van der Waals surface area contributed by atoms with Gasteiger partial charge in [0.25, 0.3) is 0 Å². The molecule has 2 amide bonds. The molecule has 0 N–H and O–H groups in total. The minimum atomic E-state index is -1.17. The van der Waals surface area contributed by atoms with Crippen molar-refractivity contribution >= 4 is 12.2 Å². The number of alkyl halides is 1. The van der Waals surface area contributed by atoms with E-state index in [0.29, 0.717) is 6.42 Å². The lowest BCUT2D eigenvalue weighted by molar-refractivity contribution is -0.0618. The Kier molecular flexibility index (Phi) is 5.14. The second-order valence-corrected chi connectivity index (χ2v) is 6.98. The van der Waals surface area contributed by atoms with E-state index in [-0.39, 0.29) is 19.6 Å². The Morgan fingerprint density at radius 2 is 1.32 bits per heavy atom. The number of amides is 2. The molecule has 3 unspecified atom stereocenters. The van der Waals surface area contributed by atoms with Crippen molar-refractivity contribution in [3.8, 4) is 0 Å². The zero-order chi connectivity index (χ0) is 19.5. The van der Waals surface area contributed by atoms with Gasteiger partial charge in [-0.15, -0.1) is 0 Å². The van der Waals surface area contributed by atoms with Crippen molar-refractivity contribution in [3.05, 3.63) is 71.8 Å². The van der Waals surface area contributed by atoms with Crippen molar-refractivity contribution < 1.29 is 23.5 Å². The standard InChI is InChI=1S/C21H21FN2O4/c22-18-11-17-12-19(18)24(21(26)28-14-16-9-5-2-6-10-16)23(17)20(25)27-13-15-7-3-1-4-8-15/h1-10,17-19H,11-14H2. The van der Waals surface area contributed by atoms with Crippen LogP contribution in [0, 0.1) is 0 Å². The number of hydrogen-bond donors (Lipinski definition) is 0. The summed E-state index contributed by atoms with van der Waals surface area (Å²) >= 11 is 0. The van der Waals surface area contributed by atoms with Crippen LogP contribution in [0.2, 0.25) is 0 Å². The summed E-state index contributed by atoms with van der Waals surface area (Å²) in [6.07, 6.45) is -1.99. The topological polar surface area (TPSA) is 59.1 Å². The SMILES string of the molecule is O=C(OCc1ccccc1)N1C2CC(F)C(C2)N1C(=O)OCc1ccccc1. The summed E-state index contributed by atoms with van der Waals surface area (Å²) in [7, 11) is 0. The van der Waals surface area contributed by atoms with Gasteiger partial charge in [-0.2, -0.15) is 0 Å². The van der Waals surface area contributed by atoms with Crippen LogP contribution in [0.3, 0.4) is 0 Å². The fourth-order valence-electron chi connectivity index (χ4n) is 3.76. The van der Waals surface area contributed by atoms with Crippen LogP contribution in [0.5, 0.6) is 0 Å². The molecule has 1 heterocycles. The third-order valence-electron chi connectivity index (χ3n) is 5.10. The number of carbonyl (C=O) groups excluding carboxylic acids is 2. The van der Waals surface area contributed by atoms with Crippen LogP contribution in [-0.4, -0.2) is 40.5 Å². The molecule has 28 heavy (non-hydrogen) atoms. The first-order valence-corrected chi connectivity index (χ1v) is 9.27. The minimum absolute atomic E-state index is 0.0530. The molecule has 7 heteroatoms. The largest absolute Gasteiger partial charge is 0.443 e. The summed E-state index contributed by atoms with van der Waals surface area (Å²) in [4.78, 5) is 25.3. The third kappa shape index (κ3) is 3.65. The molecule has 2 aromatic rings. The van der Waals surface area contributed by atoms with E-state index in [1.807, 2.05) is 60.7 Å². The number of halogens is 1. The third-order valence-corrected chi connectivity index (χ3v) is 5.10. The zero-order valence-corrected chi connectivity index (χ0v) is 15.2. The molecule has 1 saturated carbocycles. The molecule has 2 bridgehead atoms. The number of nitrogens with zero attached hydrogens (tertiary/aromatic N) is 2. The van der Waals surface area contributed by atoms with Gasteiger partial charge in [0.15, 0.2) is 0 Å². The number of benzene rings is 2. The van der Waals surface area contributed by atoms with Crippen molar-refractivity contribution in [1.82, 2.24) is 10.0 Å². The Bertz CT molecular complexity index is 833. The lowest BCUT2D eigenvalue weighted by atomic mass is 10.2. The molecule has 2 fully saturated rings. The molecule has 0 radical (unpaired) electrons. The van der Waals surface area contributed by atoms with E-state index < -0.39 is 30.4 Å². The smallest absolute Gasteiger partial charge is 0.429 e. The van der Waals surface area contributed by atoms with Gasteiger partial charge in [-0.05, 0) is 17.5 Å². The van der Waals surface area contributed by atoms with Crippen LogP contribution >= 0.6 is 0 Å². The molecule has 0 aromatic heterocycles. The lowest BCUT2D eigenvalue weighted by Gasteiger charge is -2.37. The molecule has 3 atom stereocenters. The second-order valence-electron chi connectivity index (χ2n) is 6.98. The summed E-state index contributed by atoms with van der Waals surface area (Å²) < 4.78 is 24.9. The first-order chi connectivity index (χ1) is 13.6. The van der Waals surface area contributed by atoms with Gasteiger partial charge in [0.2, 0.25) is 0 Å². The molecule has 4 rings (SSSR count). The van der Waals surface area contributed by atoms with Crippen molar-refractivity contribution in [2.45, 2.75) is 44.3 Å². The van der Waals surface area contributed by atoms with Crippen LogP contribution in [-0.2, 0) is 22.7 Å². The normalized spacial score (nSPS) is 23.0. The highest BCUT2D eigenvalue weighted by atomic mass is 19.1. The molecular formula is C21H21FN2O4. The Balaban J connectivity index is 1.42. The second kappa shape index (κ2) is 7.88. The minimum Gasteiger partial charge on any atom is -0.443 e. The summed E-state index contributed by atoms with van der Waals surface area (Å²) in [5.41, 5.74) is 1.65. The van der Waals surface area contributed by atoms with Gasteiger partial charge in [-0.25, -0.2) is 24.0 Å². The molecule has 6 nitrogen and oxygen atoms in total. The van der Waals surface area contributed by atoms with Crippen molar-refractivity contribution in [3.63, 3.8) is 0 Å². The highest BCUT2D eigenvalue weighted by Crippen LogP contribution is 2.40. The van der Waals surface area contributed by atoms with Crippen LogP contribution in [0.1, 0.15) is 24.0 Å². The Hall–Kier alpha value is -3.09. The average Bonchev–Trinajstić information content (AvgIpc) is 3.29. The summed E-state index contributed by atoms with van der Waals surface area (Å²) in [5, 5.41) is 2.31. The van der Waals surface area contributed by atoms with E-state index in [1.54, 1.807) is 0 Å². The molecule has 1 aliphatic carbocycles. The molecule has 1 aliphatic heterocycles. The maximum atomic E-state index is 14.3. The highest BCUT2D eigenvalue weighted by Gasteiger charge is 2.56. The van der Waals surface area contributed by atoms with Crippen LogP contribution < -0.4 is 0 Å². The van der Waals surface area contributed by atoms with E-state index in [1.165, 1.54) is 5.01 Å². The molecular weight excluding hydrogens is 363 g/mol. The maximum Gasteiger partial charge on any atom is 0.429 e. The Labute approximate surface area is 162 Å². The van der Waals surface area contributed by atoms with Crippen LogP contribution in [0.4, 0.5) is 14.0 Å². The van der Waals surface area contributed by atoms with Gasteiger partial charge in [0.05, 0.1) is 12.1 Å². The van der Waals surface area contributed by atoms with E-state index >= 15 is 0 Å². The van der Waals surface area contributed by atoms with E-state index in [9.17, 15) is 14.0 Å². The van der Waals surface area contributed by atoms with Crippen molar-refractivity contribution in [2.24, 2.45) is 0 Å². The number of carbonyl (C=O) groups is 2. The predicted octanol–water partition coefficient (Wildman–Crippen LogP) is 4.06. The molecule has 1 saturated heterocycles. The molecule has 146 valence electrons. The van der Waals surface area contributed by atoms with E-state index in [2.05, 4.69) is 0 Å². The molecule has 0 spiro atoms. The number of fused-ring (bicyclic) bond motifs is 2. The molecule has 2 aliphatic rings. The van der Waals surface area contributed by atoms with Crippen molar-refractivity contribution in [2.75, 3.05) is 0 Å². The quantitative estimate of drug-likeness (QED) is 0.798. The monoisotopic (exact) mass is 384 g/mol. The first-order valence-electron chi connectivity index (χ1n) is 9.27. The molecule has 2 aromatic carbocycles.